The second kappa shape index (κ2) is 5.74. The Hall–Kier alpha value is -1.35. The molecule has 2 aromatic rings. The number of benzene rings is 1. The van der Waals surface area contributed by atoms with E-state index in [0.29, 0.717) is 11.4 Å². The molecule has 0 aliphatic rings. The van der Waals surface area contributed by atoms with Crippen molar-refractivity contribution < 1.29 is 8.42 Å². The topological polar surface area (TPSA) is 71.1 Å². The summed E-state index contributed by atoms with van der Waals surface area (Å²) >= 11 is 2.13. The van der Waals surface area contributed by atoms with Gasteiger partial charge in [0.05, 0.1) is 5.69 Å². The van der Waals surface area contributed by atoms with Crippen LogP contribution < -0.4 is 10.0 Å². The number of halogens is 1. The van der Waals surface area contributed by atoms with E-state index < -0.39 is 10.0 Å². The third kappa shape index (κ3) is 3.35. The Labute approximate surface area is 125 Å². The Morgan fingerprint density at radius 1 is 1.26 bits per heavy atom. The lowest BCUT2D eigenvalue weighted by molar-refractivity contribution is 0.601. The first kappa shape index (κ1) is 14.1. The number of sulfonamides is 1. The molecule has 2 N–H and O–H groups in total. The Kier molecular flexibility index (Phi) is 4.25. The molecule has 1 aromatic carbocycles. The molecular weight excluding hydrogens is 377 g/mol. The largest absolute Gasteiger partial charge is 0.387 e. The van der Waals surface area contributed by atoms with Crippen molar-refractivity contribution in [2.75, 3.05) is 17.1 Å². The van der Waals surface area contributed by atoms with Crippen LogP contribution in [0.4, 0.5) is 11.4 Å². The van der Waals surface area contributed by atoms with Crippen molar-refractivity contribution in [2.45, 2.75) is 4.90 Å². The van der Waals surface area contributed by atoms with Crippen LogP contribution in [0.15, 0.2) is 47.6 Å². The van der Waals surface area contributed by atoms with Crippen LogP contribution in [-0.2, 0) is 10.0 Å². The van der Waals surface area contributed by atoms with Crippen molar-refractivity contribution in [3.63, 3.8) is 0 Å². The molecule has 0 saturated heterocycles. The Balaban J connectivity index is 2.38. The summed E-state index contributed by atoms with van der Waals surface area (Å²) in [7, 11) is -1.98. The number of nitrogens with zero attached hydrogens (tertiary/aromatic N) is 1. The summed E-state index contributed by atoms with van der Waals surface area (Å²) < 4.78 is 28.1. The molecule has 0 unspecified atom stereocenters. The summed E-state index contributed by atoms with van der Waals surface area (Å²) in [4.78, 5) is 3.98. The molecule has 0 saturated carbocycles. The molecule has 0 radical (unpaired) electrons. The Bertz CT molecular complexity index is 689. The summed E-state index contributed by atoms with van der Waals surface area (Å²) in [5.41, 5.74) is 1.03. The van der Waals surface area contributed by atoms with Crippen LogP contribution >= 0.6 is 22.6 Å². The van der Waals surface area contributed by atoms with Gasteiger partial charge in [-0.15, -0.1) is 0 Å². The van der Waals surface area contributed by atoms with Gasteiger partial charge in [-0.2, -0.15) is 0 Å². The molecule has 0 spiro atoms. The van der Waals surface area contributed by atoms with Gasteiger partial charge in [-0.1, -0.05) is 6.07 Å². The highest BCUT2D eigenvalue weighted by molar-refractivity contribution is 14.1. The monoisotopic (exact) mass is 389 g/mol. The first-order valence-corrected chi connectivity index (χ1v) is 7.99. The molecule has 1 aromatic heterocycles. The molecule has 100 valence electrons. The van der Waals surface area contributed by atoms with Gasteiger partial charge in [-0.3, -0.25) is 9.71 Å². The maximum absolute atomic E-state index is 12.3. The van der Waals surface area contributed by atoms with E-state index in [2.05, 4.69) is 37.6 Å². The summed E-state index contributed by atoms with van der Waals surface area (Å²) in [6.07, 6.45) is 2.86. The highest BCUT2D eigenvalue weighted by atomic mass is 127. The van der Waals surface area contributed by atoms with Crippen LogP contribution in [0.1, 0.15) is 0 Å². The summed E-state index contributed by atoms with van der Waals surface area (Å²) in [6, 6.07) is 8.76. The molecule has 0 amide bonds. The van der Waals surface area contributed by atoms with Gasteiger partial charge >= 0.3 is 0 Å². The van der Waals surface area contributed by atoms with Crippen LogP contribution in [0.25, 0.3) is 0 Å². The molecule has 0 atom stereocenters. The van der Waals surface area contributed by atoms with Crippen molar-refractivity contribution in [3.05, 3.63) is 46.3 Å². The van der Waals surface area contributed by atoms with Crippen molar-refractivity contribution in [1.82, 2.24) is 4.98 Å². The molecule has 2 rings (SSSR count). The molecule has 0 aliphatic heterocycles. The highest BCUT2D eigenvalue weighted by Crippen LogP contribution is 2.22. The van der Waals surface area contributed by atoms with Gasteiger partial charge in [0.25, 0.3) is 10.0 Å². The van der Waals surface area contributed by atoms with E-state index in [1.54, 1.807) is 31.3 Å². The molecule has 5 nitrogen and oxygen atoms in total. The second-order valence-electron chi connectivity index (χ2n) is 3.74. The molecular formula is C12H12IN3O2S. The van der Waals surface area contributed by atoms with Crippen molar-refractivity contribution in [1.29, 1.82) is 0 Å². The highest BCUT2D eigenvalue weighted by Gasteiger charge is 2.18. The molecule has 1 heterocycles. The van der Waals surface area contributed by atoms with E-state index in [9.17, 15) is 8.42 Å². The zero-order chi connectivity index (χ0) is 13.9. The maximum atomic E-state index is 12.3. The lowest BCUT2D eigenvalue weighted by Crippen LogP contribution is -2.15. The van der Waals surface area contributed by atoms with E-state index in [1.165, 1.54) is 12.4 Å². The lowest BCUT2D eigenvalue weighted by Gasteiger charge is -2.11. The van der Waals surface area contributed by atoms with Gasteiger partial charge in [0.1, 0.15) is 4.90 Å². The van der Waals surface area contributed by atoms with Gasteiger partial charge in [0.15, 0.2) is 0 Å². The number of anilines is 2. The van der Waals surface area contributed by atoms with E-state index in [1.807, 2.05) is 6.07 Å². The van der Waals surface area contributed by atoms with Crippen LogP contribution in [-0.4, -0.2) is 20.4 Å². The van der Waals surface area contributed by atoms with Gasteiger partial charge in [-0.05, 0) is 46.9 Å². The lowest BCUT2D eigenvalue weighted by atomic mass is 10.3. The number of nitrogens with one attached hydrogen (secondary N) is 2. The van der Waals surface area contributed by atoms with E-state index >= 15 is 0 Å². The fourth-order valence-electron chi connectivity index (χ4n) is 1.56. The molecule has 7 heteroatoms. The first-order chi connectivity index (χ1) is 9.03. The summed E-state index contributed by atoms with van der Waals surface area (Å²) in [6.45, 7) is 0. The van der Waals surface area contributed by atoms with Gasteiger partial charge in [0.2, 0.25) is 0 Å². The average molecular weight is 389 g/mol. The molecule has 19 heavy (non-hydrogen) atoms. The minimum absolute atomic E-state index is 0.122. The van der Waals surface area contributed by atoms with Crippen LogP contribution in [0.2, 0.25) is 0 Å². The predicted octanol–water partition coefficient (Wildman–Crippen LogP) is 2.53. The van der Waals surface area contributed by atoms with Crippen molar-refractivity contribution in [2.24, 2.45) is 0 Å². The number of rotatable bonds is 4. The SMILES string of the molecule is CNc1ccncc1S(=O)(=O)Nc1cccc(I)c1. The zero-order valence-corrected chi connectivity index (χ0v) is 13.1. The van der Waals surface area contributed by atoms with E-state index in [4.69, 9.17) is 0 Å². The quantitative estimate of drug-likeness (QED) is 0.789. The van der Waals surface area contributed by atoms with Gasteiger partial charge < -0.3 is 5.32 Å². The number of pyridine rings is 1. The van der Waals surface area contributed by atoms with E-state index in [0.717, 1.165) is 3.57 Å². The van der Waals surface area contributed by atoms with Gasteiger partial charge in [-0.25, -0.2) is 8.42 Å². The Morgan fingerprint density at radius 2 is 2.05 bits per heavy atom. The average Bonchev–Trinajstić information content (AvgIpc) is 2.38. The van der Waals surface area contributed by atoms with Crippen LogP contribution in [0.5, 0.6) is 0 Å². The third-order valence-corrected chi connectivity index (χ3v) is 4.50. The first-order valence-electron chi connectivity index (χ1n) is 5.43. The summed E-state index contributed by atoms with van der Waals surface area (Å²) in [5, 5.41) is 2.84. The number of hydrogen-bond donors (Lipinski definition) is 2. The third-order valence-electron chi connectivity index (χ3n) is 2.42. The standard InChI is InChI=1S/C12H12IN3O2S/c1-14-11-5-6-15-8-12(11)19(17,18)16-10-4-2-3-9(13)7-10/h2-8,16H,1H3,(H,14,15). The predicted molar refractivity (Wildman–Crippen MR) is 83.8 cm³/mol. The van der Waals surface area contributed by atoms with Crippen LogP contribution in [0.3, 0.4) is 0 Å². The second-order valence-corrected chi connectivity index (χ2v) is 6.63. The zero-order valence-electron chi connectivity index (χ0n) is 10.1. The summed E-state index contributed by atoms with van der Waals surface area (Å²) in [5.74, 6) is 0. The Morgan fingerprint density at radius 3 is 2.74 bits per heavy atom. The minimum atomic E-state index is -3.65. The normalized spacial score (nSPS) is 11.1. The minimum Gasteiger partial charge on any atom is -0.387 e. The van der Waals surface area contributed by atoms with Crippen molar-refractivity contribution >= 4 is 44.0 Å². The van der Waals surface area contributed by atoms with Gasteiger partial charge in [0, 0.05) is 28.7 Å². The van der Waals surface area contributed by atoms with E-state index in [-0.39, 0.29) is 4.90 Å². The number of aromatic nitrogens is 1. The fraction of sp³-hybridized carbons (Fsp3) is 0.0833. The molecule has 0 bridgehead atoms. The smallest absolute Gasteiger partial charge is 0.265 e. The molecule has 0 aliphatic carbocycles. The maximum Gasteiger partial charge on any atom is 0.265 e. The van der Waals surface area contributed by atoms with Crippen LogP contribution in [0, 0.1) is 3.57 Å². The number of hydrogen-bond acceptors (Lipinski definition) is 4. The molecule has 0 fully saturated rings. The van der Waals surface area contributed by atoms with Crippen molar-refractivity contribution in [3.8, 4) is 0 Å². The fourth-order valence-corrected chi connectivity index (χ4v) is 3.31.